The third-order valence-corrected chi connectivity index (χ3v) is 10.3. The van der Waals surface area contributed by atoms with Crippen molar-refractivity contribution in [2.24, 2.45) is 11.0 Å². The molecule has 0 rings (SSSR count). The average molecular weight is 600 g/mol. The van der Waals surface area contributed by atoms with E-state index in [1.165, 1.54) is 193 Å². The van der Waals surface area contributed by atoms with Crippen molar-refractivity contribution in [3.8, 4) is 0 Å². The molecule has 4 nitrogen and oxygen atoms in total. The molecule has 0 heterocycles. The van der Waals surface area contributed by atoms with E-state index in [1.54, 1.807) is 0 Å². The average Bonchev–Trinajstić information content (AvgIpc) is 2.95. The second-order valence-electron chi connectivity index (χ2n) is 13.2. The third-order valence-electron chi connectivity index (χ3n) is 8.98. The van der Waals surface area contributed by atoms with Crippen LogP contribution in [0.4, 0.5) is 0 Å². The summed E-state index contributed by atoms with van der Waals surface area (Å²) in [6.45, 7) is 6.17. The van der Waals surface area contributed by atoms with E-state index in [0.717, 1.165) is 25.9 Å². The van der Waals surface area contributed by atoms with Crippen LogP contribution in [-0.2, 0) is 4.57 Å². The van der Waals surface area contributed by atoms with E-state index in [2.05, 4.69) is 13.8 Å². The van der Waals surface area contributed by atoms with E-state index in [9.17, 15) is 4.57 Å². The standard InChI is InChI=1S/C36H78N3OP/c1-3-5-7-9-11-13-15-17-19-21-23-25-27-29-31-33-35-39(41(37,38)40)36-34-32-30-28-26-24-22-20-18-16-14-12-10-8-6-4-2/h3-36H2,1-2H3,(H4,37,38,40). The lowest BCUT2D eigenvalue weighted by molar-refractivity contribution is 0.381. The van der Waals surface area contributed by atoms with Crippen LogP contribution in [0.1, 0.15) is 219 Å². The summed E-state index contributed by atoms with van der Waals surface area (Å²) in [5, 5.41) is 0. The Morgan fingerprint density at radius 1 is 0.341 bits per heavy atom. The highest BCUT2D eigenvalue weighted by Crippen LogP contribution is 2.32. The molecule has 0 aliphatic rings. The minimum absolute atomic E-state index is 0.793. The van der Waals surface area contributed by atoms with Gasteiger partial charge in [-0.3, -0.25) is 15.6 Å². The first-order valence-corrected chi connectivity index (χ1v) is 20.7. The predicted octanol–water partition coefficient (Wildman–Crippen LogP) is 12.8. The van der Waals surface area contributed by atoms with E-state index in [0.29, 0.717) is 0 Å². The molecule has 0 aliphatic carbocycles. The third kappa shape index (κ3) is 32.9. The lowest BCUT2D eigenvalue weighted by Crippen LogP contribution is -2.30. The van der Waals surface area contributed by atoms with E-state index < -0.39 is 7.59 Å². The lowest BCUT2D eigenvalue weighted by Gasteiger charge is -2.25. The van der Waals surface area contributed by atoms with Gasteiger partial charge in [0.2, 0.25) is 0 Å². The molecule has 0 amide bonds. The molecule has 0 atom stereocenters. The molecular formula is C36H78N3OP. The van der Waals surface area contributed by atoms with Crippen LogP contribution in [0.2, 0.25) is 0 Å². The van der Waals surface area contributed by atoms with E-state index in [4.69, 9.17) is 11.0 Å². The normalized spacial score (nSPS) is 12.1. The summed E-state index contributed by atoms with van der Waals surface area (Å²) in [4.78, 5) is 0. The maximum atomic E-state index is 12.4. The molecule has 41 heavy (non-hydrogen) atoms. The van der Waals surface area contributed by atoms with E-state index >= 15 is 0 Å². The van der Waals surface area contributed by atoms with Crippen molar-refractivity contribution in [2.45, 2.75) is 219 Å². The zero-order chi connectivity index (χ0) is 30.1. The van der Waals surface area contributed by atoms with Crippen LogP contribution >= 0.6 is 7.59 Å². The Kier molecular flexibility index (Phi) is 33.1. The number of unbranched alkanes of at least 4 members (excludes halogenated alkanes) is 30. The van der Waals surface area contributed by atoms with Gasteiger partial charge in [-0.25, -0.2) is 4.67 Å². The van der Waals surface area contributed by atoms with Crippen molar-refractivity contribution in [2.75, 3.05) is 13.1 Å². The van der Waals surface area contributed by atoms with Gasteiger partial charge in [-0.15, -0.1) is 0 Å². The minimum Gasteiger partial charge on any atom is -0.271 e. The van der Waals surface area contributed by atoms with Crippen molar-refractivity contribution in [1.29, 1.82) is 0 Å². The Morgan fingerprint density at radius 2 is 0.512 bits per heavy atom. The first kappa shape index (κ1) is 41.1. The molecule has 0 aromatic carbocycles. The van der Waals surface area contributed by atoms with Gasteiger partial charge in [0.25, 0.3) is 7.59 Å². The van der Waals surface area contributed by atoms with Gasteiger partial charge in [0.1, 0.15) is 0 Å². The summed E-state index contributed by atoms with van der Waals surface area (Å²) < 4.78 is 14.3. The van der Waals surface area contributed by atoms with Gasteiger partial charge in [0, 0.05) is 13.1 Å². The molecule has 0 saturated carbocycles. The fraction of sp³-hybridized carbons (Fsp3) is 1.00. The second kappa shape index (κ2) is 33.0. The molecule has 4 N–H and O–H groups in total. The van der Waals surface area contributed by atoms with Crippen LogP contribution in [0, 0.1) is 0 Å². The molecule has 5 heteroatoms. The van der Waals surface area contributed by atoms with Gasteiger partial charge < -0.3 is 0 Å². The van der Waals surface area contributed by atoms with Crippen LogP contribution in [0.15, 0.2) is 0 Å². The van der Waals surface area contributed by atoms with Gasteiger partial charge in [0.15, 0.2) is 0 Å². The highest BCUT2D eigenvalue weighted by Gasteiger charge is 2.19. The van der Waals surface area contributed by atoms with Gasteiger partial charge in [0.05, 0.1) is 0 Å². The topological polar surface area (TPSA) is 72.3 Å². The number of hydrogen-bond acceptors (Lipinski definition) is 1. The van der Waals surface area contributed by atoms with Crippen LogP contribution in [0.3, 0.4) is 0 Å². The number of rotatable bonds is 35. The molecule has 0 unspecified atom stereocenters. The summed E-state index contributed by atoms with van der Waals surface area (Å²) in [6.07, 6.45) is 43.7. The molecule has 248 valence electrons. The maximum absolute atomic E-state index is 12.4. The fourth-order valence-electron chi connectivity index (χ4n) is 6.11. The molecule has 0 aromatic rings. The summed E-state index contributed by atoms with van der Waals surface area (Å²) in [5.41, 5.74) is 11.7. The Labute approximate surface area is 259 Å². The molecule has 0 aliphatic heterocycles. The number of nitrogens with zero attached hydrogens (tertiary/aromatic N) is 1. The van der Waals surface area contributed by atoms with Gasteiger partial charge >= 0.3 is 0 Å². The zero-order valence-corrected chi connectivity index (χ0v) is 29.4. The van der Waals surface area contributed by atoms with Crippen LogP contribution in [-0.4, -0.2) is 17.8 Å². The molecule has 0 saturated heterocycles. The van der Waals surface area contributed by atoms with Crippen LogP contribution in [0.25, 0.3) is 0 Å². The first-order valence-electron chi connectivity index (χ1n) is 18.9. The quantitative estimate of drug-likeness (QED) is 0.0561. The van der Waals surface area contributed by atoms with Crippen molar-refractivity contribution in [3.05, 3.63) is 0 Å². The largest absolute Gasteiger partial charge is 0.276 e. The molecule has 0 radical (unpaired) electrons. The van der Waals surface area contributed by atoms with Gasteiger partial charge in [-0.2, -0.15) is 0 Å². The molecule has 0 bridgehead atoms. The summed E-state index contributed by atoms with van der Waals surface area (Å²) >= 11 is 0. The Hall–Kier alpha value is 0.110. The molecule has 0 aromatic heterocycles. The molecule has 0 spiro atoms. The summed E-state index contributed by atoms with van der Waals surface area (Å²) in [7, 11) is -3.12. The number of hydrogen-bond donors (Lipinski definition) is 2. The fourth-order valence-corrected chi connectivity index (χ4v) is 7.02. The van der Waals surface area contributed by atoms with E-state index in [-0.39, 0.29) is 0 Å². The molecule has 0 fully saturated rings. The van der Waals surface area contributed by atoms with Crippen molar-refractivity contribution >= 4 is 7.59 Å². The van der Waals surface area contributed by atoms with Crippen LogP contribution in [0.5, 0.6) is 0 Å². The zero-order valence-electron chi connectivity index (χ0n) is 28.5. The summed E-state index contributed by atoms with van der Waals surface area (Å²) in [5.74, 6) is 0. The maximum Gasteiger partial charge on any atom is 0.276 e. The van der Waals surface area contributed by atoms with Gasteiger partial charge in [-0.05, 0) is 12.8 Å². The summed E-state index contributed by atoms with van der Waals surface area (Å²) in [6, 6.07) is 0. The predicted molar refractivity (Wildman–Crippen MR) is 187 cm³/mol. The monoisotopic (exact) mass is 600 g/mol. The first-order chi connectivity index (χ1) is 20.0. The van der Waals surface area contributed by atoms with Crippen molar-refractivity contribution in [1.82, 2.24) is 4.67 Å². The van der Waals surface area contributed by atoms with Crippen molar-refractivity contribution in [3.63, 3.8) is 0 Å². The molecular weight excluding hydrogens is 521 g/mol. The number of nitrogens with two attached hydrogens (primary N) is 2. The minimum atomic E-state index is -3.12. The second-order valence-corrected chi connectivity index (χ2v) is 15.1. The van der Waals surface area contributed by atoms with Crippen LogP contribution < -0.4 is 11.0 Å². The highest BCUT2D eigenvalue weighted by molar-refractivity contribution is 7.56. The van der Waals surface area contributed by atoms with Gasteiger partial charge in [-0.1, -0.05) is 206 Å². The SMILES string of the molecule is CCCCCCCCCCCCCCCCCCN(CCCCCCCCCCCCCCCCCC)P(N)(N)=O. The van der Waals surface area contributed by atoms with Crippen molar-refractivity contribution < 1.29 is 4.57 Å². The lowest BCUT2D eigenvalue weighted by atomic mass is 10.0. The Balaban J connectivity index is 3.49. The van der Waals surface area contributed by atoms with E-state index in [1.807, 2.05) is 4.67 Å². The smallest absolute Gasteiger partial charge is 0.271 e. The Bertz CT molecular complexity index is 503. The highest BCUT2D eigenvalue weighted by atomic mass is 31.2. The Morgan fingerprint density at radius 3 is 0.683 bits per heavy atom.